The maximum absolute atomic E-state index is 13.1. The van der Waals surface area contributed by atoms with E-state index in [2.05, 4.69) is 15.9 Å². The maximum Gasteiger partial charge on any atom is 0.163 e. The van der Waals surface area contributed by atoms with Crippen molar-refractivity contribution in [3.8, 4) is 0 Å². The molecule has 0 amide bonds. The molecule has 0 spiro atoms. The highest BCUT2D eigenvalue weighted by atomic mass is 79.9. The number of ether oxygens (including phenoxy) is 3. The molecule has 3 nitrogen and oxygen atoms in total. The van der Waals surface area contributed by atoms with Gasteiger partial charge in [0, 0.05) is 6.42 Å². The zero-order chi connectivity index (χ0) is 12.5. The molecule has 2 atom stereocenters. The summed E-state index contributed by atoms with van der Waals surface area (Å²) in [5.74, 6) is -0.755. The van der Waals surface area contributed by atoms with Gasteiger partial charge < -0.3 is 14.2 Å². The van der Waals surface area contributed by atoms with E-state index >= 15 is 0 Å². The Labute approximate surface area is 109 Å². The van der Waals surface area contributed by atoms with Crippen molar-refractivity contribution in [1.82, 2.24) is 0 Å². The van der Waals surface area contributed by atoms with Gasteiger partial charge in [-0.1, -0.05) is 6.08 Å². The molecule has 96 valence electrons. The quantitative estimate of drug-likeness (QED) is 0.750. The fraction of sp³-hybridized carbons (Fsp3) is 0.667. The molecule has 1 aliphatic heterocycles. The van der Waals surface area contributed by atoms with Crippen LogP contribution in [0.1, 0.15) is 20.3 Å². The van der Waals surface area contributed by atoms with E-state index in [1.165, 1.54) is 6.08 Å². The van der Waals surface area contributed by atoms with Crippen LogP contribution in [0, 0.1) is 0 Å². The molecule has 1 fully saturated rings. The number of hydrogen-bond acceptors (Lipinski definition) is 3. The van der Waals surface area contributed by atoms with E-state index in [9.17, 15) is 4.39 Å². The van der Waals surface area contributed by atoms with Gasteiger partial charge in [-0.3, -0.25) is 0 Å². The fourth-order valence-corrected chi connectivity index (χ4v) is 2.37. The minimum Gasteiger partial charge on any atom is -0.357 e. The molecule has 0 saturated carbocycles. The Bertz CT molecular complexity index is 354. The molecule has 0 N–H and O–H groups in total. The predicted molar refractivity (Wildman–Crippen MR) is 65.5 cm³/mol. The largest absolute Gasteiger partial charge is 0.357 e. The monoisotopic (exact) mass is 306 g/mol. The first-order chi connectivity index (χ1) is 7.89. The molecule has 0 radical (unpaired) electrons. The summed E-state index contributed by atoms with van der Waals surface area (Å²) in [6.07, 6.45) is 4.95. The van der Waals surface area contributed by atoms with Gasteiger partial charge >= 0.3 is 0 Å². The highest BCUT2D eigenvalue weighted by Gasteiger charge is 2.35. The topological polar surface area (TPSA) is 27.7 Å². The van der Waals surface area contributed by atoms with Gasteiger partial charge in [0.1, 0.15) is 16.4 Å². The van der Waals surface area contributed by atoms with Crippen molar-refractivity contribution in [2.24, 2.45) is 0 Å². The summed E-state index contributed by atoms with van der Waals surface area (Å²) in [4.78, 5) is 0. The van der Waals surface area contributed by atoms with E-state index in [0.29, 0.717) is 13.2 Å². The van der Waals surface area contributed by atoms with Gasteiger partial charge in [-0.05, 0) is 41.9 Å². The Balaban J connectivity index is 1.83. The Morgan fingerprint density at radius 3 is 2.94 bits per heavy atom. The molecule has 2 aliphatic rings. The molecule has 5 heteroatoms. The third-order valence-corrected chi connectivity index (χ3v) is 3.38. The molecule has 0 bridgehead atoms. The van der Waals surface area contributed by atoms with Crippen LogP contribution in [0.3, 0.4) is 0 Å². The minimum absolute atomic E-state index is 0.109. The molecule has 0 aromatic heterocycles. The molecular weight excluding hydrogens is 291 g/mol. The summed E-state index contributed by atoms with van der Waals surface area (Å²) < 4.78 is 29.1. The highest BCUT2D eigenvalue weighted by molar-refractivity contribution is 9.10. The van der Waals surface area contributed by atoms with Gasteiger partial charge in [0.25, 0.3) is 0 Å². The first-order valence-corrected chi connectivity index (χ1v) is 6.36. The molecule has 2 rings (SSSR count). The van der Waals surface area contributed by atoms with E-state index in [1.807, 2.05) is 13.8 Å². The van der Waals surface area contributed by atoms with Crippen LogP contribution < -0.4 is 0 Å². The van der Waals surface area contributed by atoms with Crippen molar-refractivity contribution < 1.29 is 18.6 Å². The summed E-state index contributed by atoms with van der Waals surface area (Å²) in [7, 11) is 0. The average molecular weight is 307 g/mol. The summed E-state index contributed by atoms with van der Waals surface area (Å²) >= 11 is 3.39. The molecule has 1 saturated heterocycles. The second-order valence-electron chi connectivity index (χ2n) is 4.70. The van der Waals surface area contributed by atoms with E-state index in [4.69, 9.17) is 14.2 Å². The van der Waals surface area contributed by atoms with Crippen molar-refractivity contribution in [1.29, 1.82) is 0 Å². The molecule has 17 heavy (non-hydrogen) atoms. The molecule has 1 aliphatic carbocycles. The molecule has 0 aromatic rings. The lowest BCUT2D eigenvalue weighted by Gasteiger charge is -2.27. The van der Waals surface area contributed by atoms with Crippen molar-refractivity contribution in [3.05, 3.63) is 24.1 Å². The van der Waals surface area contributed by atoms with Crippen molar-refractivity contribution in [2.45, 2.75) is 36.7 Å². The van der Waals surface area contributed by atoms with Gasteiger partial charge in [-0.15, -0.1) is 0 Å². The van der Waals surface area contributed by atoms with Gasteiger partial charge in [-0.25, -0.2) is 4.39 Å². The van der Waals surface area contributed by atoms with Crippen LogP contribution in [0.2, 0.25) is 0 Å². The van der Waals surface area contributed by atoms with Crippen LogP contribution >= 0.6 is 15.9 Å². The first-order valence-electron chi connectivity index (χ1n) is 5.57. The first kappa shape index (κ1) is 13.2. The summed E-state index contributed by atoms with van der Waals surface area (Å²) in [5.41, 5.74) is 0. The molecule has 2 unspecified atom stereocenters. The second-order valence-corrected chi connectivity index (χ2v) is 6.04. The lowest BCUT2D eigenvalue weighted by molar-refractivity contribution is -0.147. The van der Waals surface area contributed by atoms with Crippen LogP contribution in [0.4, 0.5) is 4.39 Å². The van der Waals surface area contributed by atoms with Crippen LogP contribution in [-0.2, 0) is 14.2 Å². The van der Waals surface area contributed by atoms with Crippen LogP contribution in [0.25, 0.3) is 0 Å². The lowest BCUT2D eigenvalue weighted by atomic mass is 10.1. The van der Waals surface area contributed by atoms with E-state index in [1.54, 1.807) is 12.2 Å². The average Bonchev–Trinajstić information content (AvgIpc) is 2.55. The van der Waals surface area contributed by atoms with Crippen LogP contribution in [-0.4, -0.2) is 29.6 Å². The third kappa shape index (κ3) is 3.61. The van der Waals surface area contributed by atoms with Crippen molar-refractivity contribution in [2.75, 3.05) is 13.2 Å². The standard InChI is InChI=1S/C12H16BrFO3/c1-11(2)15-7-10(17-11)8-16-12(13)5-3-4-9(14)6-12/h3-5,10H,6-8H2,1-2H3. The smallest absolute Gasteiger partial charge is 0.163 e. The van der Waals surface area contributed by atoms with Gasteiger partial charge in [0.15, 0.2) is 5.79 Å². The van der Waals surface area contributed by atoms with Crippen LogP contribution in [0.15, 0.2) is 24.1 Å². The fourth-order valence-electron chi connectivity index (χ4n) is 1.82. The van der Waals surface area contributed by atoms with E-state index in [0.717, 1.165) is 0 Å². The van der Waals surface area contributed by atoms with E-state index in [-0.39, 0.29) is 18.4 Å². The number of alkyl halides is 1. The third-order valence-electron chi connectivity index (χ3n) is 2.61. The Morgan fingerprint density at radius 2 is 2.35 bits per heavy atom. The Hall–Kier alpha value is -0.230. The SMILES string of the molecule is CC1(C)OCC(COC2(Br)C=CC=C(F)C2)O1. The molecule has 1 heterocycles. The summed E-state index contributed by atoms with van der Waals surface area (Å²) in [5, 5.41) is 0. The minimum atomic E-state index is -0.762. The predicted octanol–water partition coefficient (Wildman–Crippen LogP) is 3.06. The maximum atomic E-state index is 13.1. The molecular formula is C12H16BrFO3. The van der Waals surface area contributed by atoms with Crippen molar-refractivity contribution >= 4 is 15.9 Å². The summed E-state index contributed by atoms with van der Waals surface area (Å²) in [6.45, 7) is 4.59. The van der Waals surface area contributed by atoms with Gasteiger partial charge in [0.05, 0.1) is 13.2 Å². The second kappa shape index (κ2) is 4.80. The zero-order valence-corrected chi connectivity index (χ0v) is 11.5. The normalized spacial score (nSPS) is 36.0. The number of halogens is 2. The number of allylic oxidation sites excluding steroid dienone is 2. The molecule has 0 aromatic carbocycles. The van der Waals surface area contributed by atoms with E-state index < -0.39 is 10.3 Å². The Morgan fingerprint density at radius 1 is 1.59 bits per heavy atom. The lowest BCUT2D eigenvalue weighted by Crippen LogP contribution is -2.31. The number of hydrogen-bond donors (Lipinski definition) is 0. The number of rotatable bonds is 3. The highest BCUT2D eigenvalue weighted by Crippen LogP contribution is 2.34. The zero-order valence-electron chi connectivity index (χ0n) is 9.91. The summed E-state index contributed by atoms with van der Waals surface area (Å²) in [6, 6.07) is 0. The Kier molecular flexibility index (Phi) is 3.73. The van der Waals surface area contributed by atoms with Gasteiger partial charge in [-0.2, -0.15) is 0 Å². The van der Waals surface area contributed by atoms with Crippen LogP contribution in [0.5, 0.6) is 0 Å². The van der Waals surface area contributed by atoms with Gasteiger partial charge in [0.2, 0.25) is 0 Å². The van der Waals surface area contributed by atoms with Crippen molar-refractivity contribution in [3.63, 3.8) is 0 Å².